The summed E-state index contributed by atoms with van der Waals surface area (Å²) in [6.07, 6.45) is 8.79. The summed E-state index contributed by atoms with van der Waals surface area (Å²) in [6, 6.07) is 7.00. The summed E-state index contributed by atoms with van der Waals surface area (Å²) in [5.41, 5.74) is 3.22. The van der Waals surface area contributed by atoms with Gasteiger partial charge in [-0.15, -0.1) is 11.8 Å². The molecule has 3 saturated carbocycles. The minimum atomic E-state index is -0.752. The molecule has 5 heteroatoms. The molecule has 1 spiro atoms. The van der Waals surface area contributed by atoms with Crippen LogP contribution in [0, 0.1) is 23.2 Å². The summed E-state index contributed by atoms with van der Waals surface area (Å²) in [5.74, 6) is 2.41. The van der Waals surface area contributed by atoms with Crippen LogP contribution in [0.2, 0.25) is 0 Å². The van der Waals surface area contributed by atoms with Crippen LogP contribution in [0.15, 0.2) is 34.7 Å². The van der Waals surface area contributed by atoms with Crippen LogP contribution in [0.25, 0.3) is 0 Å². The molecule has 178 valence electrons. The Morgan fingerprint density at radius 1 is 1.21 bits per heavy atom. The lowest BCUT2D eigenvalue weighted by Crippen LogP contribution is -2.61. The van der Waals surface area contributed by atoms with Gasteiger partial charge in [0.25, 0.3) is 0 Å². The highest BCUT2D eigenvalue weighted by atomic mass is 32.2. The molecule has 1 N–H and O–H groups in total. The number of hydrogen-bond donors (Lipinski definition) is 1. The van der Waals surface area contributed by atoms with Crippen molar-refractivity contribution in [3.05, 3.63) is 35.4 Å². The van der Waals surface area contributed by atoms with Gasteiger partial charge in [0.1, 0.15) is 0 Å². The van der Waals surface area contributed by atoms with E-state index < -0.39 is 5.60 Å². The number of hydrogen-bond acceptors (Lipinski definition) is 5. The number of ketones is 1. The maximum atomic E-state index is 12.5. The molecule has 4 aliphatic carbocycles. The van der Waals surface area contributed by atoms with Crippen LogP contribution in [0.4, 0.5) is 5.69 Å². The number of carbonyl (C=O) groups is 1. The molecule has 3 fully saturated rings. The normalized spacial score (nSPS) is 43.2. The van der Waals surface area contributed by atoms with Crippen LogP contribution in [0.1, 0.15) is 63.4 Å². The molecule has 7 atom stereocenters. The molecule has 0 radical (unpaired) electrons. The van der Waals surface area contributed by atoms with E-state index in [0.717, 1.165) is 38.5 Å². The van der Waals surface area contributed by atoms with Crippen molar-refractivity contribution in [3.8, 4) is 0 Å². The molecular formula is C28H37NO3S. The number of ether oxygens (including phenoxy) is 1. The van der Waals surface area contributed by atoms with Gasteiger partial charge in [-0.25, -0.2) is 0 Å². The minimum Gasteiger partial charge on any atom is -0.387 e. The number of benzene rings is 1. The predicted octanol–water partition coefficient (Wildman–Crippen LogP) is 5.19. The Balaban J connectivity index is 1.54. The lowest BCUT2D eigenvalue weighted by atomic mass is 9.46. The Morgan fingerprint density at radius 3 is 2.79 bits per heavy atom. The lowest BCUT2D eigenvalue weighted by molar-refractivity contribution is -0.149. The van der Waals surface area contributed by atoms with E-state index >= 15 is 0 Å². The van der Waals surface area contributed by atoms with E-state index in [4.69, 9.17) is 4.74 Å². The predicted molar refractivity (Wildman–Crippen MR) is 133 cm³/mol. The third-order valence-corrected chi connectivity index (χ3v) is 12.0. The number of fused-ring (bicyclic) bond motifs is 4. The maximum absolute atomic E-state index is 12.5. The molecule has 5 aliphatic rings. The second-order valence-corrected chi connectivity index (χ2v) is 13.2. The van der Waals surface area contributed by atoms with Gasteiger partial charge in [0, 0.05) is 48.4 Å². The average molecular weight is 468 g/mol. The van der Waals surface area contributed by atoms with E-state index in [1.165, 1.54) is 21.7 Å². The second kappa shape index (κ2) is 7.35. The van der Waals surface area contributed by atoms with Crippen molar-refractivity contribution in [1.29, 1.82) is 0 Å². The van der Waals surface area contributed by atoms with Crippen LogP contribution < -0.4 is 4.90 Å². The Labute approximate surface area is 202 Å². The summed E-state index contributed by atoms with van der Waals surface area (Å²) < 4.78 is 5.63. The molecule has 1 aromatic carbocycles. The van der Waals surface area contributed by atoms with Crippen molar-refractivity contribution in [2.24, 2.45) is 23.2 Å². The molecule has 4 nitrogen and oxygen atoms in total. The van der Waals surface area contributed by atoms with Crippen molar-refractivity contribution in [2.75, 3.05) is 32.7 Å². The average Bonchev–Trinajstić information content (AvgIpc) is 3.04. The van der Waals surface area contributed by atoms with Crippen molar-refractivity contribution in [3.63, 3.8) is 0 Å². The van der Waals surface area contributed by atoms with Gasteiger partial charge in [0.2, 0.25) is 0 Å². The van der Waals surface area contributed by atoms with Gasteiger partial charge in [-0.2, -0.15) is 0 Å². The van der Waals surface area contributed by atoms with Crippen LogP contribution in [-0.4, -0.2) is 49.0 Å². The first-order valence-corrected chi connectivity index (χ1v) is 13.5. The molecule has 1 aliphatic heterocycles. The summed E-state index contributed by atoms with van der Waals surface area (Å²) in [5, 5.41) is 11.9. The van der Waals surface area contributed by atoms with Gasteiger partial charge >= 0.3 is 0 Å². The molecular weight excluding hydrogens is 430 g/mol. The van der Waals surface area contributed by atoms with Crippen LogP contribution in [-0.2, 0) is 9.53 Å². The summed E-state index contributed by atoms with van der Waals surface area (Å²) in [7, 11) is 5.93. The zero-order valence-electron chi connectivity index (χ0n) is 20.4. The number of aliphatic hydroxyl groups is 1. The molecule has 1 heterocycles. The standard InChI is InChI=1S/C28H37NO3S/c1-26-15-22-20-8-6-18(29(2)3)14-24(20)33-28-12-9-19(30)13-17(28)5-7-21(25(22)28)23(26)10-11-27(26,31)16-32-4/h6,8,13-14,21-23,25,31H,5,7,9-12,15-16H2,1-4H3/t21-,22+,23-,25?,26-,27+,28+/m0/s1. The Hall–Kier alpha value is -1.30. The van der Waals surface area contributed by atoms with Crippen LogP contribution in [0.3, 0.4) is 0 Å². The van der Waals surface area contributed by atoms with Gasteiger partial charge in [0.15, 0.2) is 5.78 Å². The molecule has 0 bridgehead atoms. The first kappa shape index (κ1) is 22.2. The van der Waals surface area contributed by atoms with E-state index in [9.17, 15) is 9.90 Å². The SMILES string of the molecule is COC[C@]1(O)CC[C@H]2[C@@H]3CCC4=CC(=O)CC[C@@]45Sc4cc(N(C)C)ccc4[C@@H](C[C@@]21C)C35. The molecule has 0 aromatic heterocycles. The van der Waals surface area contributed by atoms with Gasteiger partial charge in [0.05, 0.1) is 12.2 Å². The first-order chi connectivity index (χ1) is 15.7. The highest BCUT2D eigenvalue weighted by Gasteiger charge is 2.68. The Bertz CT molecular complexity index is 1040. The summed E-state index contributed by atoms with van der Waals surface area (Å²) in [4.78, 5) is 16.0. The Morgan fingerprint density at radius 2 is 2.03 bits per heavy atom. The second-order valence-electron chi connectivity index (χ2n) is 11.8. The molecule has 33 heavy (non-hydrogen) atoms. The van der Waals surface area contributed by atoms with Gasteiger partial charge in [-0.3, -0.25) is 4.79 Å². The molecule has 6 rings (SSSR count). The number of thioether (sulfide) groups is 1. The number of anilines is 1. The maximum Gasteiger partial charge on any atom is 0.155 e. The van der Waals surface area contributed by atoms with Gasteiger partial charge in [-0.1, -0.05) is 13.0 Å². The van der Waals surface area contributed by atoms with E-state index in [-0.39, 0.29) is 10.2 Å². The van der Waals surface area contributed by atoms with Gasteiger partial charge < -0.3 is 14.7 Å². The van der Waals surface area contributed by atoms with Gasteiger partial charge in [-0.05, 0) is 91.5 Å². The number of methoxy groups -OCH3 is 1. The third-order valence-electron chi connectivity index (χ3n) is 10.3. The fraction of sp³-hybridized carbons (Fsp3) is 0.679. The van der Waals surface area contributed by atoms with Crippen LogP contribution in [0.5, 0.6) is 0 Å². The highest BCUT2D eigenvalue weighted by molar-refractivity contribution is 8.01. The number of rotatable bonds is 3. The summed E-state index contributed by atoms with van der Waals surface area (Å²) >= 11 is 2.07. The summed E-state index contributed by atoms with van der Waals surface area (Å²) in [6.45, 7) is 2.79. The van der Waals surface area contributed by atoms with E-state index in [0.29, 0.717) is 42.5 Å². The zero-order valence-corrected chi connectivity index (χ0v) is 21.2. The number of carbonyl (C=O) groups excluding carboxylic acids is 1. The minimum absolute atomic E-state index is 0.0444. The topological polar surface area (TPSA) is 49.8 Å². The van der Waals surface area contributed by atoms with E-state index in [2.05, 4.69) is 55.9 Å². The van der Waals surface area contributed by atoms with Crippen LogP contribution >= 0.6 is 11.8 Å². The van der Waals surface area contributed by atoms with Crippen molar-refractivity contribution in [2.45, 2.75) is 73.0 Å². The van der Waals surface area contributed by atoms with E-state index in [1.807, 2.05) is 6.08 Å². The third kappa shape index (κ3) is 2.88. The highest BCUT2D eigenvalue weighted by Crippen LogP contribution is 2.74. The smallest absolute Gasteiger partial charge is 0.155 e. The lowest BCUT2D eigenvalue weighted by Gasteiger charge is -2.64. The largest absolute Gasteiger partial charge is 0.387 e. The molecule has 1 aromatic rings. The monoisotopic (exact) mass is 467 g/mol. The van der Waals surface area contributed by atoms with Crippen molar-refractivity contribution < 1.29 is 14.6 Å². The molecule has 1 unspecified atom stereocenters. The first-order valence-electron chi connectivity index (χ1n) is 12.7. The molecule has 0 amide bonds. The fourth-order valence-electron chi connectivity index (χ4n) is 8.76. The Kier molecular flexibility index (Phi) is 4.94. The van der Waals surface area contributed by atoms with Crippen molar-refractivity contribution in [1.82, 2.24) is 0 Å². The number of nitrogens with zero attached hydrogens (tertiary/aromatic N) is 1. The zero-order chi connectivity index (χ0) is 23.2. The quantitative estimate of drug-likeness (QED) is 0.663. The molecule has 0 saturated heterocycles. The van der Waals surface area contributed by atoms with Crippen molar-refractivity contribution >= 4 is 23.2 Å². The van der Waals surface area contributed by atoms with E-state index in [1.54, 1.807) is 7.11 Å². The fourth-order valence-corrected chi connectivity index (χ4v) is 10.6.